The van der Waals surface area contributed by atoms with E-state index in [1.807, 2.05) is 6.20 Å². The lowest BCUT2D eigenvalue weighted by Gasteiger charge is -2.13. The molecule has 130 valence electrons. The molecule has 0 aliphatic rings. The van der Waals surface area contributed by atoms with Gasteiger partial charge in [0.05, 0.1) is 6.61 Å². The average molecular weight is 325 g/mol. The van der Waals surface area contributed by atoms with Crippen LogP contribution in [-0.4, -0.2) is 11.6 Å². The summed E-state index contributed by atoms with van der Waals surface area (Å²) in [4.78, 5) is 4.66. The lowest BCUT2D eigenvalue weighted by Crippen LogP contribution is -2.00. The van der Waals surface area contributed by atoms with E-state index in [0.29, 0.717) is 5.92 Å². The number of hydrogen-bond donors (Lipinski definition) is 0. The Hall–Kier alpha value is -1.83. The van der Waals surface area contributed by atoms with Gasteiger partial charge in [0, 0.05) is 17.8 Å². The zero-order chi connectivity index (χ0) is 17.2. The van der Waals surface area contributed by atoms with Crippen LogP contribution in [0.15, 0.2) is 42.6 Å². The van der Waals surface area contributed by atoms with Gasteiger partial charge >= 0.3 is 0 Å². The highest BCUT2D eigenvalue weighted by molar-refractivity contribution is 5.34. The molecule has 0 aliphatic carbocycles. The normalized spacial score (nSPS) is 12.1. The molecule has 0 saturated carbocycles. The summed E-state index contributed by atoms with van der Waals surface area (Å²) in [7, 11) is 0. The Morgan fingerprint density at radius 3 is 2.25 bits per heavy atom. The average Bonchev–Trinajstić information content (AvgIpc) is 2.64. The van der Waals surface area contributed by atoms with Crippen LogP contribution in [0, 0.1) is 0 Å². The van der Waals surface area contributed by atoms with Crippen molar-refractivity contribution in [3.05, 3.63) is 59.4 Å². The number of hydrogen-bond acceptors (Lipinski definition) is 2. The van der Waals surface area contributed by atoms with Crippen LogP contribution in [0.25, 0.3) is 0 Å². The maximum Gasteiger partial charge on any atom is 0.119 e. The first-order valence-electron chi connectivity index (χ1n) is 9.42. The van der Waals surface area contributed by atoms with Crippen molar-refractivity contribution < 1.29 is 4.74 Å². The molecule has 1 heterocycles. The number of aryl methyl sites for hydroxylation is 1. The fourth-order valence-electron chi connectivity index (χ4n) is 2.84. The first kappa shape index (κ1) is 18.5. The van der Waals surface area contributed by atoms with E-state index in [4.69, 9.17) is 4.74 Å². The van der Waals surface area contributed by atoms with Gasteiger partial charge in [-0.25, -0.2) is 0 Å². The van der Waals surface area contributed by atoms with Crippen molar-refractivity contribution in [2.24, 2.45) is 0 Å². The maximum absolute atomic E-state index is 5.65. The molecular weight excluding hydrogens is 294 g/mol. The zero-order valence-corrected chi connectivity index (χ0v) is 15.4. The second-order valence-corrected chi connectivity index (χ2v) is 6.53. The van der Waals surface area contributed by atoms with Crippen molar-refractivity contribution in [3.8, 4) is 5.75 Å². The first-order chi connectivity index (χ1) is 11.7. The van der Waals surface area contributed by atoms with Crippen LogP contribution in [-0.2, 0) is 6.42 Å². The summed E-state index contributed by atoms with van der Waals surface area (Å²) >= 11 is 0. The van der Waals surface area contributed by atoms with Crippen LogP contribution in [0.5, 0.6) is 5.75 Å². The number of nitrogens with zero attached hydrogens (tertiary/aromatic N) is 1. The molecule has 0 N–H and O–H groups in total. The van der Waals surface area contributed by atoms with Crippen molar-refractivity contribution >= 4 is 0 Å². The molecule has 1 aromatic carbocycles. The van der Waals surface area contributed by atoms with Crippen LogP contribution in [0.2, 0.25) is 0 Å². The summed E-state index contributed by atoms with van der Waals surface area (Å²) in [6, 6.07) is 12.9. The summed E-state index contributed by atoms with van der Waals surface area (Å²) in [5.41, 5.74) is 3.79. The van der Waals surface area contributed by atoms with E-state index in [0.717, 1.165) is 25.2 Å². The number of aromatic nitrogens is 1. The quantitative estimate of drug-likeness (QED) is 0.489. The minimum absolute atomic E-state index is 0.354. The van der Waals surface area contributed by atoms with Crippen molar-refractivity contribution in [1.82, 2.24) is 4.98 Å². The molecule has 0 fully saturated rings. The van der Waals surface area contributed by atoms with Crippen molar-refractivity contribution in [2.45, 2.75) is 65.2 Å². The second kappa shape index (κ2) is 10.1. The number of unbranched alkanes of at least 4 members (excludes halogenated alkanes) is 3. The van der Waals surface area contributed by atoms with Gasteiger partial charge in [-0.15, -0.1) is 0 Å². The lowest BCUT2D eigenvalue weighted by molar-refractivity contribution is 0.317. The maximum atomic E-state index is 5.65. The van der Waals surface area contributed by atoms with E-state index in [9.17, 15) is 0 Å². The Kier molecular flexibility index (Phi) is 7.81. The molecule has 24 heavy (non-hydrogen) atoms. The number of pyridine rings is 1. The third-order valence-electron chi connectivity index (χ3n) is 4.49. The van der Waals surface area contributed by atoms with E-state index in [2.05, 4.69) is 62.2 Å². The molecule has 2 heteroatoms. The van der Waals surface area contributed by atoms with Gasteiger partial charge in [-0.3, -0.25) is 4.98 Å². The zero-order valence-electron chi connectivity index (χ0n) is 15.4. The molecule has 0 saturated heterocycles. The molecular formula is C22H31NO. The van der Waals surface area contributed by atoms with E-state index in [1.54, 1.807) is 0 Å². The number of benzene rings is 1. The van der Waals surface area contributed by atoms with Crippen LogP contribution < -0.4 is 4.74 Å². The lowest BCUT2D eigenvalue weighted by atomic mass is 9.94. The van der Waals surface area contributed by atoms with Gasteiger partial charge < -0.3 is 4.74 Å². The molecule has 0 amide bonds. The smallest absolute Gasteiger partial charge is 0.119 e. The minimum atomic E-state index is 0.354. The molecule has 0 bridgehead atoms. The minimum Gasteiger partial charge on any atom is -0.494 e. The number of rotatable bonds is 10. The molecule has 2 aromatic rings. The summed E-state index contributed by atoms with van der Waals surface area (Å²) in [6.45, 7) is 7.38. The van der Waals surface area contributed by atoms with Crippen LogP contribution in [0.1, 0.15) is 75.6 Å². The van der Waals surface area contributed by atoms with Gasteiger partial charge in [-0.1, -0.05) is 58.2 Å². The predicted octanol–water partition coefficient (Wildman–Crippen LogP) is 6.15. The van der Waals surface area contributed by atoms with E-state index >= 15 is 0 Å². The molecule has 2 rings (SSSR count). The van der Waals surface area contributed by atoms with E-state index < -0.39 is 0 Å². The van der Waals surface area contributed by atoms with Gasteiger partial charge in [0.2, 0.25) is 0 Å². The van der Waals surface area contributed by atoms with Gasteiger partial charge in [-0.2, -0.15) is 0 Å². The van der Waals surface area contributed by atoms with Crippen LogP contribution >= 0.6 is 0 Å². The third-order valence-corrected chi connectivity index (χ3v) is 4.49. The Morgan fingerprint density at radius 1 is 0.875 bits per heavy atom. The number of ether oxygens (including phenoxy) is 1. The Labute approximate surface area is 147 Å². The van der Waals surface area contributed by atoms with Gasteiger partial charge in [-0.05, 0) is 48.6 Å². The molecule has 2 nitrogen and oxygen atoms in total. The Morgan fingerprint density at radius 2 is 1.62 bits per heavy atom. The van der Waals surface area contributed by atoms with Crippen molar-refractivity contribution in [3.63, 3.8) is 0 Å². The third kappa shape index (κ3) is 5.67. The van der Waals surface area contributed by atoms with Gasteiger partial charge in [0.1, 0.15) is 5.75 Å². The summed E-state index contributed by atoms with van der Waals surface area (Å²) in [6.07, 6.45) is 9.34. The van der Waals surface area contributed by atoms with Crippen LogP contribution in [0.4, 0.5) is 0 Å². The van der Waals surface area contributed by atoms with Crippen molar-refractivity contribution in [1.29, 1.82) is 0 Å². The topological polar surface area (TPSA) is 22.1 Å². The molecule has 0 aliphatic heterocycles. The molecule has 1 unspecified atom stereocenters. The Balaban J connectivity index is 1.92. The highest BCUT2D eigenvalue weighted by atomic mass is 16.5. The van der Waals surface area contributed by atoms with Gasteiger partial charge in [0.15, 0.2) is 0 Å². The summed E-state index contributed by atoms with van der Waals surface area (Å²) in [5, 5.41) is 0. The van der Waals surface area contributed by atoms with Crippen molar-refractivity contribution in [2.75, 3.05) is 6.61 Å². The Bertz CT molecular complexity index is 574. The molecule has 0 radical (unpaired) electrons. The summed E-state index contributed by atoms with van der Waals surface area (Å²) in [5.74, 6) is 1.31. The highest BCUT2D eigenvalue weighted by Crippen LogP contribution is 2.25. The van der Waals surface area contributed by atoms with Crippen LogP contribution in [0.3, 0.4) is 0 Å². The monoisotopic (exact) mass is 325 g/mol. The van der Waals surface area contributed by atoms with Gasteiger partial charge in [0.25, 0.3) is 0 Å². The predicted molar refractivity (Wildman–Crippen MR) is 102 cm³/mol. The second-order valence-electron chi connectivity index (χ2n) is 6.53. The standard InChI is InChI=1S/C22H31NO/c1-4-6-7-8-9-21-13-10-20(17-23-21)18(3)19-11-14-22(15-12-19)24-16-5-2/h10-15,17-18H,4-9,16H2,1-3H3. The fourth-order valence-corrected chi connectivity index (χ4v) is 2.84. The van der Waals surface area contributed by atoms with E-state index in [1.165, 1.54) is 42.5 Å². The fraction of sp³-hybridized carbons (Fsp3) is 0.500. The molecule has 1 aromatic heterocycles. The molecule has 1 atom stereocenters. The first-order valence-corrected chi connectivity index (χ1v) is 9.42. The van der Waals surface area contributed by atoms with E-state index in [-0.39, 0.29) is 0 Å². The highest BCUT2D eigenvalue weighted by Gasteiger charge is 2.09. The SMILES string of the molecule is CCCCCCc1ccc(C(C)c2ccc(OCCC)cc2)cn1. The summed E-state index contributed by atoms with van der Waals surface area (Å²) < 4.78 is 5.65. The largest absolute Gasteiger partial charge is 0.494 e. The molecule has 0 spiro atoms.